The summed E-state index contributed by atoms with van der Waals surface area (Å²) in [5, 5.41) is 3.51. The number of hydrogen-bond donors (Lipinski definition) is 2. The van der Waals surface area contributed by atoms with Crippen LogP contribution in [0, 0.1) is 25.6 Å². The molecule has 2 N–H and O–H groups in total. The molecule has 0 fully saturated rings. The summed E-state index contributed by atoms with van der Waals surface area (Å²) in [6.07, 6.45) is 10.2. The first-order valence-corrected chi connectivity index (χ1v) is 6.83. The number of H-pyrrole nitrogens is 1. The Morgan fingerprint density at radius 1 is 1.36 bits per heavy atom. The Bertz CT molecular complexity index is 774. The fourth-order valence-electron chi connectivity index (χ4n) is 2.18. The molecule has 0 aromatic carbocycles. The number of aryl methyl sites for hydroxylation is 2. The number of nitrogens with one attached hydrogen (secondary N) is 2. The van der Waals surface area contributed by atoms with Crippen molar-refractivity contribution in [2.45, 2.75) is 26.8 Å². The molecule has 0 spiro atoms. The molecule has 6 heteroatoms. The highest BCUT2D eigenvalue weighted by Crippen LogP contribution is 2.26. The Morgan fingerprint density at radius 3 is 2.77 bits per heavy atom. The van der Waals surface area contributed by atoms with E-state index < -0.39 is 0 Å². The summed E-state index contributed by atoms with van der Waals surface area (Å²) in [7, 11) is 0. The van der Waals surface area contributed by atoms with Crippen molar-refractivity contribution >= 4 is 16.9 Å². The number of fused-ring (bicyclic) bond motifs is 1. The topological polar surface area (TPSA) is 66.7 Å². The van der Waals surface area contributed by atoms with Crippen molar-refractivity contribution in [3.8, 4) is 12.8 Å². The van der Waals surface area contributed by atoms with Crippen LogP contribution in [0.4, 0.5) is 10.2 Å². The van der Waals surface area contributed by atoms with Crippen LogP contribution in [0.3, 0.4) is 0 Å². The second kappa shape index (κ2) is 6.76. The molecule has 0 saturated carbocycles. The van der Waals surface area contributed by atoms with E-state index in [0.717, 1.165) is 5.76 Å². The summed E-state index contributed by atoms with van der Waals surface area (Å²) in [6, 6.07) is 3.66. The molecule has 0 bridgehead atoms. The lowest BCUT2D eigenvalue weighted by atomic mass is 10.2. The first-order valence-electron chi connectivity index (χ1n) is 6.83. The number of furan rings is 1. The van der Waals surface area contributed by atoms with Crippen LogP contribution in [0.2, 0.25) is 0 Å². The largest absolute Gasteiger partial charge is 0.467 e. The van der Waals surface area contributed by atoms with Crippen molar-refractivity contribution in [2.24, 2.45) is 0 Å². The van der Waals surface area contributed by atoms with Gasteiger partial charge in [-0.3, -0.25) is 0 Å². The van der Waals surface area contributed by atoms with E-state index in [2.05, 4.69) is 33.1 Å². The van der Waals surface area contributed by atoms with Crippen molar-refractivity contribution in [1.29, 1.82) is 0 Å². The van der Waals surface area contributed by atoms with Crippen LogP contribution in [0.25, 0.3) is 11.0 Å². The van der Waals surface area contributed by atoms with E-state index in [9.17, 15) is 4.39 Å². The fourth-order valence-corrected chi connectivity index (χ4v) is 2.18. The van der Waals surface area contributed by atoms with E-state index in [4.69, 9.17) is 4.42 Å². The van der Waals surface area contributed by atoms with Crippen molar-refractivity contribution in [1.82, 2.24) is 15.0 Å². The third-order valence-electron chi connectivity index (χ3n) is 3.14. The lowest BCUT2D eigenvalue weighted by molar-refractivity contribution is 0.518. The maximum atomic E-state index is 14.3. The van der Waals surface area contributed by atoms with Gasteiger partial charge in [0.2, 0.25) is 0 Å². The number of halogens is 1. The molecule has 3 aromatic heterocycles. The zero-order valence-corrected chi connectivity index (χ0v) is 12.5. The standard InChI is InChI=1S/C14H15FN4O.C2H2/c1-3-10-12(15)11-13(16-7-9-5-4-6-20-9)17-8(2)18-14(11)19-10;1-2/h4-6H,3,7H2,1-2H3,(H2,16,17,18,19);1-2H. The van der Waals surface area contributed by atoms with Crippen LogP contribution in [0.15, 0.2) is 22.8 Å². The minimum atomic E-state index is -0.288. The molecule has 3 rings (SSSR count). The van der Waals surface area contributed by atoms with E-state index in [-0.39, 0.29) is 5.82 Å². The molecule has 0 aliphatic heterocycles. The molecule has 0 unspecified atom stereocenters. The van der Waals surface area contributed by atoms with Crippen LogP contribution in [0.5, 0.6) is 0 Å². The molecular weight excluding hydrogens is 283 g/mol. The van der Waals surface area contributed by atoms with E-state index in [1.807, 2.05) is 19.1 Å². The van der Waals surface area contributed by atoms with Gasteiger partial charge in [0.1, 0.15) is 23.0 Å². The molecule has 0 amide bonds. The van der Waals surface area contributed by atoms with E-state index in [1.165, 1.54) is 0 Å². The number of aromatic nitrogens is 3. The van der Waals surface area contributed by atoms with E-state index >= 15 is 0 Å². The normalized spacial score (nSPS) is 10.2. The van der Waals surface area contributed by atoms with Gasteiger partial charge < -0.3 is 14.7 Å². The summed E-state index contributed by atoms with van der Waals surface area (Å²) < 4.78 is 19.6. The van der Waals surface area contributed by atoms with E-state index in [1.54, 1.807) is 13.2 Å². The van der Waals surface area contributed by atoms with Crippen LogP contribution < -0.4 is 5.32 Å². The van der Waals surface area contributed by atoms with Gasteiger partial charge >= 0.3 is 0 Å². The average Bonchev–Trinajstić information content (AvgIpc) is 3.15. The second-order valence-electron chi connectivity index (χ2n) is 4.55. The minimum absolute atomic E-state index is 0.288. The zero-order chi connectivity index (χ0) is 16.1. The average molecular weight is 300 g/mol. The van der Waals surface area contributed by atoms with Crippen LogP contribution >= 0.6 is 0 Å². The second-order valence-corrected chi connectivity index (χ2v) is 4.55. The molecule has 0 radical (unpaired) electrons. The molecule has 22 heavy (non-hydrogen) atoms. The zero-order valence-electron chi connectivity index (χ0n) is 12.5. The molecule has 3 aromatic rings. The van der Waals surface area contributed by atoms with Crippen molar-refractivity contribution in [3.05, 3.63) is 41.5 Å². The monoisotopic (exact) mass is 300 g/mol. The summed E-state index contributed by atoms with van der Waals surface area (Å²) in [4.78, 5) is 11.5. The Hall–Kier alpha value is -2.81. The Morgan fingerprint density at radius 2 is 2.14 bits per heavy atom. The summed E-state index contributed by atoms with van der Waals surface area (Å²) in [6.45, 7) is 4.12. The van der Waals surface area contributed by atoms with Gasteiger partial charge in [0, 0.05) is 0 Å². The van der Waals surface area contributed by atoms with Gasteiger partial charge in [-0.2, -0.15) is 0 Å². The molecule has 0 atom stereocenters. The third-order valence-corrected chi connectivity index (χ3v) is 3.14. The first-order chi connectivity index (χ1) is 10.7. The molecule has 0 aliphatic carbocycles. The van der Waals surface area contributed by atoms with E-state index in [0.29, 0.717) is 41.3 Å². The summed E-state index contributed by atoms with van der Waals surface area (Å²) in [5.74, 6) is 1.55. The predicted octanol–water partition coefficient (Wildman–Crippen LogP) is 3.42. The number of anilines is 1. The smallest absolute Gasteiger partial charge is 0.157 e. The molecular formula is C16H17FN4O. The van der Waals surface area contributed by atoms with Gasteiger partial charge in [-0.25, -0.2) is 14.4 Å². The van der Waals surface area contributed by atoms with Crippen LogP contribution in [-0.2, 0) is 13.0 Å². The van der Waals surface area contributed by atoms with Gasteiger partial charge in [-0.05, 0) is 25.5 Å². The number of aromatic amines is 1. The maximum Gasteiger partial charge on any atom is 0.157 e. The fraction of sp³-hybridized carbons (Fsp3) is 0.250. The third kappa shape index (κ3) is 2.93. The quantitative estimate of drug-likeness (QED) is 0.724. The SMILES string of the molecule is C#C.CCc1[nH]c2nc(C)nc(NCc3ccco3)c2c1F. The highest BCUT2D eigenvalue weighted by Gasteiger charge is 2.16. The highest BCUT2D eigenvalue weighted by atomic mass is 19.1. The summed E-state index contributed by atoms with van der Waals surface area (Å²) in [5.41, 5.74) is 1.06. The number of terminal acetylenes is 1. The Kier molecular flexibility index (Phi) is 4.79. The Balaban J connectivity index is 0.000000847. The lowest BCUT2D eigenvalue weighted by Gasteiger charge is -2.06. The summed E-state index contributed by atoms with van der Waals surface area (Å²) >= 11 is 0. The highest BCUT2D eigenvalue weighted by molar-refractivity contribution is 5.88. The van der Waals surface area contributed by atoms with Gasteiger partial charge in [0.25, 0.3) is 0 Å². The van der Waals surface area contributed by atoms with Gasteiger partial charge in [-0.1, -0.05) is 6.92 Å². The minimum Gasteiger partial charge on any atom is -0.467 e. The van der Waals surface area contributed by atoms with Gasteiger partial charge in [0.05, 0.1) is 23.9 Å². The number of hydrogen-bond acceptors (Lipinski definition) is 4. The van der Waals surface area contributed by atoms with Gasteiger partial charge in [-0.15, -0.1) is 12.8 Å². The lowest BCUT2D eigenvalue weighted by Crippen LogP contribution is -2.03. The molecule has 3 heterocycles. The maximum absolute atomic E-state index is 14.3. The predicted molar refractivity (Wildman–Crippen MR) is 83.9 cm³/mol. The first kappa shape index (κ1) is 15.6. The molecule has 0 saturated heterocycles. The molecule has 0 aliphatic rings. The molecule has 5 nitrogen and oxygen atoms in total. The Labute approximate surface area is 128 Å². The number of rotatable bonds is 4. The van der Waals surface area contributed by atoms with Gasteiger partial charge in [0.15, 0.2) is 5.82 Å². The van der Waals surface area contributed by atoms with Crippen molar-refractivity contribution in [3.63, 3.8) is 0 Å². The molecule has 114 valence electrons. The van der Waals surface area contributed by atoms with Crippen LogP contribution in [0.1, 0.15) is 24.2 Å². The van der Waals surface area contributed by atoms with Crippen molar-refractivity contribution in [2.75, 3.05) is 5.32 Å². The number of nitrogens with zero attached hydrogens (tertiary/aromatic N) is 2. The van der Waals surface area contributed by atoms with Crippen molar-refractivity contribution < 1.29 is 8.81 Å². The van der Waals surface area contributed by atoms with Crippen LogP contribution in [-0.4, -0.2) is 15.0 Å².